The summed E-state index contributed by atoms with van der Waals surface area (Å²) in [5.74, 6) is 0.436. The second kappa shape index (κ2) is 7.22. The number of hydrogen-bond acceptors (Lipinski definition) is 2. The molecule has 0 radical (unpaired) electrons. The molecule has 18 heavy (non-hydrogen) atoms. The van der Waals surface area contributed by atoms with Gasteiger partial charge >= 0.3 is 0 Å². The maximum absolute atomic E-state index is 13.3. The van der Waals surface area contributed by atoms with Gasteiger partial charge in [-0.05, 0) is 49.7 Å². The minimum Gasteiger partial charge on any atom is -0.329 e. The predicted molar refractivity (Wildman–Crippen MR) is 78.0 cm³/mol. The fourth-order valence-corrected chi connectivity index (χ4v) is 2.44. The summed E-state index contributed by atoms with van der Waals surface area (Å²) in [7, 11) is 2.04. The van der Waals surface area contributed by atoms with Crippen molar-refractivity contribution in [2.45, 2.75) is 26.3 Å². The van der Waals surface area contributed by atoms with E-state index in [1.165, 1.54) is 6.07 Å². The molecule has 1 unspecified atom stereocenters. The quantitative estimate of drug-likeness (QED) is 0.869. The van der Waals surface area contributed by atoms with Crippen molar-refractivity contribution in [3.8, 4) is 0 Å². The van der Waals surface area contributed by atoms with Crippen LogP contribution in [0.2, 0.25) is 0 Å². The average Bonchev–Trinajstić information content (AvgIpc) is 2.32. The van der Waals surface area contributed by atoms with Crippen LogP contribution in [0.25, 0.3) is 0 Å². The van der Waals surface area contributed by atoms with Crippen molar-refractivity contribution in [3.63, 3.8) is 0 Å². The van der Waals surface area contributed by atoms with Gasteiger partial charge in [-0.2, -0.15) is 0 Å². The molecule has 1 rings (SSSR count). The van der Waals surface area contributed by atoms with E-state index in [4.69, 9.17) is 5.73 Å². The highest BCUT2D eigenvalue weighted by Gasteiger charge is 2.18. The SMILES string of the molecule is CC(C)CCN(C)C(CN)c1cc(F)ccc1Br. The Morgan fingerprint density at radius 1 is 1.39 bits per heavy atom. The van der Waals surface area contributed by atoms with Crippen LogP contribution in [0, 0.1) is 11.7 Å². The molecule has 0 aliphatic rings. The Morgan fingerprint density at radius 3 is 2.61 bits per heavy atom. The van der Waals surface area contributed by atoms with E-state index in [0.717, 1.165) is 23.0 Å². The molecule has 1 atom stereocenters. The highest BCUT2D eigenvalue weighted by atomic mass is 79.9. The lowest BCUT2D eigenvalue weighted by Crippen LogP contribution is -2.32. The topological polar surface area (TPSA) is 29.3 Å². The number of benzene rings is 1. The average molecular weight is 317 g/mol. The molecule has 0 saturated carbocycles. The van der Waals surface area contributed by atoms with E-state index in [1.807, 2.05) is 7.05 Å². The molecule has 102 valence electrons. The molecule has 0 heterocycles. The number of likely N-dealkylation sites (N-methyl/N-ethyl adjacent to an activating group) is 1. The lowest BCUT2D eigenvalue weighted by atomic mass is 10.0. The van der Waals surface area contributed by atoms with Crippen LogP contribution in [-0.4, -0.2) is 25.0 Å². The van der Waals surface area contributed by atoms with Gasteiger partial charge < -0.3 is 5.73 Å². The van der Waals surface area contributed by atoms with Crippen LogP contribution >= 0.6 is 15.9 Å². The third kappa shape index (κ3) is 4.34. The maximum atomic E-state index is 13.3. The first-order valence-electron chi connectivity index (χ1n) is 6.31. The van der Waals surface area contributed by atoms with Gasteiger partial charge in [-0.1, -0.05) is 29.8 Å². The monoisotopic (exact) mass is 316 g/mol. The molecule has 0 bridgehead atoms. The Labute approximate surface area is 117 Å². The van der Waals surface area contributed by atoms with Crippen LogP contribution < -0.4 is 5.73 Å². The van der Waals surface area contributed by atoms with Crippen LogP contribution in [0.15, 0.2) is 22.7 Å². The Kier molecular flexibility index (Phi) is 6.26. The van der Waals surface area contributed by atoms with Gasteiger partial charge in [0.1, 0.15) is 5.82 Å². The summed E-state index contributed by atoms with van der Waals surface area (Å²) in [5.41, 5.74) is 6.77. The van der Waals surface area contributed by atoms with E-state index in [1.54, 1.807) is 12.1 Å². The lowest BCUT2D eigenvalue weighted by molar-refractivity contribution is 0.235. The molecule has 0 aliphatic heterocycles. The van der Waals surface area contributed by atoms with Crippen molar-refractivity contribution < 1.29 is 4.39 Å². The molecule has 1 aromatic rings. The normalized spacial score (nSPS) is 13.3. The van der Waals surface area contributed by atoms with Crippen molar-refractivity contribution in [3.05, 3.63) is 34.1 Å². The molecule has 0 spiro atoms. The summed E-state index contributed by atoms with van der Waals surface area (Å²) in [6, 6.07) is 4.81. The zero-order chi connectivity index (χ0) is 13.7. The van der Waals surface area contributed by atoms with Crippen LogP contribution in [0.3, 0.4) is 0 Å². The second-order valence-electron chi connectivity index (χ2n) is 5.08. The zero-order valence-corrected chi connectivity index (χ0v) is 12.9. The summed E-state index contributed by atoms with van der Waals surface area (Å²) in [5, 5.41) is 0. The molecule has 2 N–H and O–H groups in total. The van der Waals surface area contributed by atoms with Gasteiger partial charge in [0.25, 0.3) is 0 Å². The van der Waals surface area contributed by atoms with Crippen LogP contribution in [0.5, 0.6) is 0 Å². The number of halogens is 2. The summed E-state index contributed by atoms with van der Waals surface area (Å²) < 4.78 is 14.3. The first-order chi connectivity index (χ1) is 8.45. The summed E-state index contributed by atoms with van der Waals surface area (Å²) in [4.78, 5) is 2.19. The molecule has 0 fully saturated rings. The van der Waals surface area contributed by atoms with Crippen molar-refractivity contribution in [1.29, 1.82) is 0 Å². The third-order valence-electron chi connectivity index (χ3n) is 3.13. The van der Waals surface area contributed by atoms with Gasteiger partial charge in [-0.25, -0.2) is 4.39 Å². The first kappa shape index (κ1) is 15.6. The molecule has 0 aliphatic carbocycles. The van der Waals surface area contributed by atoms with Crippen LogP contribution in [0.1, 0.15) is 31.9 Å². The molecule has 0 aromatic heterocycles. The number of rotatable bonds is 6. The highest BCUT2D eigenvalue weighted by molar-refractivity contribution is 9.10. The van der Waals surface area contributed by atoms with Gasteiger partial charge in [0.2, 0.25) is 0 Å². The molecular formula is C14H22BrFN2. The van der Waals surface area contributed by atoms with E-state index in [9.17, 15) is 4.39 Å². The molecular weight excluding hydrogens is 295 g/mol. The minimum atomic E-state index is -0.219. The Bertz CT molecular complexity index is 382. The lowest BCUT2D eigenvalue weighted by Gasteiger charge is -2.28. The first-order valence-corrected chi connectivity index (χ1v) is 7.10. The van der Waals surface area contributed by atoms with Crippen molar-refractivity contribution in [2.24, 2.45) is 11.7 Å². The number of hydrogen-bond donors (Lipinski definition) is 1. The van der Waals surface area contributed by atoms with Crippen molar-refractivity contribution in [2.75, 3.05) is 20.1 Å². The predicted octanol–water partition coefficient (Wildman–Crippen LogP) is 3.57. The Hall–Kier alpha value is -0.450. The molecule has 1 aromatic carbocycles. The number of nitrogens with zero attached hydrogens (tertiary/aromatic N) is 1. The minimum absolute atomic E-state index is 0.0498. The zero-order valence-electron chi connectivity index (χ0n) is 11.3. The Morgan fingerprint density at radius 2 is 2.06 bits per heavy atom. The Balaban J connectivity index is 2.84. The molecule has 0 amide bonds. The largest absolute Gasteiger partial charge is 0.329 e. The van der Waals surface area contributed by atoms with E-state index in [-0.39, 0.29) is 11.9 Å². The molecule has 2 nitrogen and oxygen atoms in total. The van der Waals surface area contributed by atoms with E-state index in [0.29, 0.717) is 12.5 Å². The fraction of sp³-hybridized carbons (Fsp3) is 0.571. The van der Waals surface area contributed by atoms with Crippen molar-refractivity contribution in [1.82, 2.24) is 4.90 Å². The maximum Gasteiger partial charge on any atom is 0.123 e. The van der Waals surface area contributed by atoms with Gasteiger partial charge in [-0.3, -0.25) is 4.90 Å². The van der Waals surface area contributed by atoms with Gasteiger partial charge in [0.15, 0.2) is 0 Å². The summed E-state index contributed by atoms with van der Waals surface area (Å²) in [6.45, 7) is 5.84. The van der Waals surface area contributed by atoms with E-state index < -0.39 is 0 Å². The second-order valence-corrected chi connectivity index (χ2v) is 5.93. The standard InChI is InChI=1S/C14H22BrFN2/c1-10(2)6-7-18(3)14(9-17)12-8-11(16)4-5-13(12)15/h4-5,8,10,14H,6-7,9,17H2,1-3H3. The summed E-state index contributed by atoms with van der Waals surface area (Å²) >= 11 is 3.47. The third-order valence-corrected chi connectivity index (χ3v) is 3.85. The highest BCUT2D eigenvalue weighted by Crippen LogP contribution is 2.27. The number of nitrogens with two attached hydrogens (primary N) is 1. The molecule has 0 saturated heterocycles. The van der Waals surface area contributed by atoms with Crippen LogP contribution in [0.4, 0.5) is 4.39 Å². The van der Waals surface area contributed by atoms with E-state index >= 15 is 0 Å². The van der Waals surface area contributed by atoms with E-state index in [2.05, 4.69) is 34.7 Å². The van der Waals surface area contributed by atoms with Gasteiger partial charge in [0, 0.05) is 17.1 Å². The van der Waals surface area contributed by atoms with Gasteiger partial charge in [0.05, 0.1) is 0 Å². The fourth-order valence-electron chi connectivity index (χ4n) is 1.93. The molecule has 4 heteroatoms. The summed E-state index contributed by atoms with van der Waals surface area (Å²) in [6.07, 6.45) is 1.11. The van der Waals surface area contributed by atoms with Gasteiger partial charge in [-0.15, -0.1) is 0 Å². The van der Waals surface area contributed by atoms with Crippen molar-refractivity contribution >= 4 is 15.9 Å². The van der Waals surface area contributed by atoms with Crippen LogP contribution in [-0.2, 0) is 0 Å². The smallest absolute Gasteiger partial charge is 0.123 e.